The molecule has 0 aromatic heterocycles. The van der Waals surface area contributed by atoms with Gasteiger partial charge in [-0.3, -0.25) is 0 Å². The van der Waals surface area contributed by atoms with E-state index in [1.54, 1.807) is 36.4 Å². The third-order valence-electron chi connectivity index (χ3n) is 2.47. The molecule has 0 radical (unpaired) electrons. The van der Waals surface area contributed by atoms with E-state index in [1.807, 2.05) is 0 Å². The van der Waals surface area contributed by atoms with E-state index in [-0.39, 0.29) is 12.4 Å². The van der Waals surface area contributed by atoms with Crippen molar-refractivity contribution < 1.29 is 14.3 Å². The lowest BCUT2D eigenvalue weighted by Gasteiger charge is -2.08. The van der Waals surface area contributed by atoms with Crippen LogP contribution in [0.15, 0.2) is 52.1 Å². The average Bonchev–Trinajstić information content (AvgIpc) is 2.38. The van der Waals surface area contributed by atoms with E-state index in [0.717, 1.165) is 0 Å². The Kier molecular flexibility index (Phi) is 4.52. The first-order valence-corrected chi connectivity index (χ1v) is 6.32. The first-order valence-electron chi connectivity index (χ1n) is 5.53. The van der Waals surface area contributed by atoms with Crippen LogP contribution in [0.5, 0.6) is 5.75 Å². The lowest BCUT2D eigenvalue weighted by Crippen LogP contribution is -1.98. The summed E-state index contributed by atoms with van der Waals surface area (Å²) in [6, 6.07) is 11.8. The highest BCUT2D eigenvalue weighted by atomic mass is 79.9. The van der Waals surface area contributed by atoms with Crippen molar-refractivity contribution in [1.82, 2.24) is 0 Å². The standard InChI is InChI=1S/C14H11BrFNO2/c15-12-5-4-11(14(16)7-12)9-19-13-3-1-2-10(6-13)8-17-18/h1-8,18H,9H2/b17-8+. The van der Waals surface area contributed by atoms with Crippen LogP contribution in [-0.4, -0.2) is 11.4 Å². The highest BCUT2D eigenvalue weighted by molar-refractivity contribution is 9.10. The maximum Gasteiger partial charge on any atom is 0.130 e. The van der Waals surface area contributed by atoms with Crippen LogP contribution >= 0.6 is 15.9 Å². The van der Waals surface area contributed by atoms with Gasteiger partial charge in [0.25, 0.3) is 0 Å². The molecule has 2 aromatic carbocycles. The van der Waals surface area contributed by atoms with E-state index in [2.05, 4.69) is 21.1 Å². The molecule has 0 heterocycles. The number of hydrogen-bond donors (Lipinski definition) is 1. The van der Waals surface area contributed by atoms with Gasteiger partial charge < -0.3 is 9.94 Å². The average molecular weight is 324 g/mol. The van der Waals surface area contributed by atoms with Crippen LogP contribution in [0, 0.1) is 5.82 Å². The fraction of sp³-hybridized carbons (Fsp3) is 0.0714. The van der Waals surface area contributed by atoms with E-state index in [9.17, 15) is 4.39 Å². The van der Waals surface area contributed by atoms with Crippen molar-refractivity contribution in [3.8, 4) is 5.75 Å². The monoisotopic (exact) mass is 323 g/mol. The minimum absolute atomic E-state index is 0.138. The molecule has 0 spiro atoms. The summed E-state index contributed by atoms with van der Waals surface area (Å²) in [6.07, 6.45) is 1.30. The lowest BCUT2D eigenvalue weighted by atomic mass is 10.2. The molecule has 98 valence electrons. The first kappa shape index (κ1) is 13.5. The number of nitrogens with zero attached hydrogens (tertiary/aromatic N) is 1. The predicted molar refractivity (Wildman–Crippen MR) is 74.3 cm³/mol. The highest BCUT2D eigenvalue weighted by Gasteiger charge is 2.04. The Morgan fingerprint density at radius 3 is 2.84 bits per heavy atom. The summed E-state index contributed by atoms with van der Waals surface area (Å²) in [6.45, 7) is 0.138. The Morgan fingerprint density at radius 2 is 2.11 bits per heavy atom. The molecule has 0 saturated carbocycles. The SMILES string of the molecule is O/N=C/c1cccc(OCc2ccc(Br)cc2F)c1. The predicted octanol–water partition coefficient (Wildman–Crippen LogP) is 3.98. The molecule has 2 rings (SSSR count). The minimum atomic E-state index is -0.317. The molecule has 0 amide bonds. The molecule has 0 aliphatic rings. The quantitative estimate of drug-likeness (QED) is 0.525. The number of ether oxygens (including phenoxy) is 1. The Labute approximate surface area is 118 Å². The lowest BCUT2D eigenvalue weighted by molar-refractivity contribution is 0.299. The molecule has 5 heteroatoms. The molecule has 0 bridgehead atoms. The third-order valence-corrected chi connectivity index (χ3v) is 2.97. The summed E-state index contributed by atoms with van der Waals surface area (Å²) in [5.74, 6) is 0.266. The zero-order valence-corrected chi connectivity index (χ0v) is 11.5. The first-order chi connectivity index (χ1) is 9.19. The highest BCUT2D eigenvalue weighted by Crippen LogP contribution is 2.18. The van der Waals surface area contributed by atoms with Crippen LogP contribution in [0.25, 0.3) is 0 Å². The molecule has 2 aromatic rings. The number of rotatable bonds is 4. The Morgan fingerprint density at radius 1 is 1.26 bits per heavy atom. The van der Waals surface area contributed by atoms with Crippen molar-refractivity contribution >= 4 is 22.1 Å². The molecule has 0 unspecified atom stereocenters. The molecule has 19 heavy (non-hydrogen) atoms. The minimum Gasteiger partial charge on any atom is -0.489 e. The van der Waals surface area contributed by atoms with Gasteiger partial charge in [-0.15, -0.1) is 0 Å². The summed E-state index contributed by atoms with van der Waals surface area (Å²) < 4.78 is 19.8. The molecule has 0 aliphatic heterocycles. The second-order valence-corrected chi connectivity index (χ2v) is 4.76. The molecular weight excluding hydrogens is 313 g/mol. The van der Waals surface area contributed by atoms with Gasteiger partial charge in [0.1, 0.15) is 18.2 Å². The topological polar surface area (TPSA) is 41.8 Å². The zero-order chi connectivity index (χ0) is 13.7. The summed E-state index contributed by atoms with van der Waals surface area (Å²) in [7, 11) is 0. The Balaban J connectivity index is 2.07. The summed E-state index contributed by atoms with van der Waals surface area (Å²) in [5, 5.41) is 11.4. The van der Waals surface area contributed by atoms with E-state index in [4.69, 9.17) is 9.94 Å². The van der Waals surface area contributed by atoms with Crippen molar-refractivity contribution in [2.75, 3.05) is 0 Å². The van der Waals surface area contributed by atoms with Crippen LogP contribution in [0.4, 0.5) is 4.39 Å². The molecule has 0 fully saturated rings. The normalized spacial score (nSPS) is 10.8. The second-order valence-electron chi connectivity index (χ2n) is 3.84. The van der Waals surface area contributed by atoms with E-state index >= 15 is 0 Å². The molecule has 1 N–H and O–H groups in total. The number of halogens is 2. The van der Waals surface area contributed by atoms with E-state index in [0.29, 0.717) is 21.3 Å². The smallest absolute Gasteiger partial charge is 0.130 e. The van der Waals surface area contributed by atoms with Crippen molar-refractivity contribution in [2.45, 2.75) is 6.61 Å². The van der Waals surface area contributed by atoms with Gasteiger partial charge in [-0.1, -0.05) is 39.3 Å². The second kappa shape index (κ2) is 6.33. The largest absolute Gasteiger partial charge is 0.489 e. The maximum absolute atomic E-state index is 13.6. The summed E-state index contributed by atoms with van der Waals surface area (Å²) >= 11 is 3.20. The van der Waals surface area contributed by atoms with Gasteiger partial charge in [-0.05, 0) is 29.8 Å². The van der Waals surface area contributed by atoms with Gasteiger partial charge in [0.05, 0.1) is 6.21 Å². The van der Waals surface area contributed by atoms with Crippen LogP contribution in [-0.2, 0) is 6.61 Å². The molecule has 3 nitrogen and oxygen atoms in total. The fourth-order valence-electron chi connectivity index (χ4n) is 1.55. The molecule has 0 saturated heterocycles. The van der Waals surface area contributed by atoms with Crippen LogP contribution in [0.3, 0.4) is 0 Å². The summed E-state index contributed by atoms with van der Waals surface area (Å²) in [4.78, 5) is 0. The Hall–Kier alpha value is -1.88. The number of benzene rings is 2. The van der Waals surface area contributed by atoms with Crippen molar-refractivity contribution in [2.24, 2.45) is 5.16 Å². The maximum atomic E-state index is 13.6. The van der Waals surface area contributed by atoms with E-state index in [1.165, 1.54) is 12.3 Å². The van der Waals surface area contributed by atoms with E-state index < -0.39 is 0 Å². The van der Waals surface area contributed by atoms with Crippen LogP contribution in [0.1, 0.15) is 11.1 Å². The van der Waals surface area contributed by atoms with Crippen molar-refractivity contribution in [3.05, 3.63) is 63.9 Å². The third kappa shape index (κ3) is 3.79. The number of hydrogen-bond acceptors (Lipinski definition) is 3. The van der Waals surface area contributed by atoms with Gasteiger partial charge in [0, 0.05) is 10.0 Å². The van der Waals surface area contributed by atoms with Crippen molar-refractivity contribution in [1.29, 1.82) is 0 Å². The number of oxime groups is 1. The van der Waals surface area contributed by atoms with Crippen LogP contribution in [0.2, 0.25) is 0 Å². The zero-order valence-electron chi connectivity index (χ0n) is 9.88. The molecule has 0 aliphatic carbocycles. The van der Waals surface area contributed by atoms with Gasteiger partial charge in [-0.25, -0.2) is 4.39 Å². The van der Waals surface area contributed by atoms with Crippen molar-refractivity contribution in [3.63, 3.8) is 0 Å². The Bertz CT molecular complexity index is 602. The van der Waals surface area contributed by atoms with Gasteiger partial charge in [0.2, 0.25) is 0 Å². The van der Waals surface area contributed by atoms with Gasteiger partial charge >= 0.3 is 0 Å². The fourth-order valence-corrected chi connectivity index (χ4v) is 1.88. The molecular formula is C14H11BrFNO2. The van der Waals surface area contributed by atoms with Gasteiger partial charge in [0.15, 0.2) is 0 Å². The summed E-state index contributed by atoms with van der Waals surface area (Å²) in [5.41, 5.74) is 1.18. The van der Waals surface area contributed by atoms with Crippen LogP contribution < -0.4 is 4.74 Å². The molecule has 0 atom stereocenters. The van der Waals surface area contributed by atoms with Gasteiger partial charge in [-0.2, -0.15) is 0 Å².